The maximum absolute atomic E-state index is 13.1. The fraction of sp³-hybridized carbons (Fsp3) is 0.136. The van der Waals surface area contributed by atoms with Gasteiger partial charge in [0.05, 0.1) is 24.4 Å². The molecule has 4 rings (SSSR count). The van der Waals surface area contributed by atoms with E-state index < -0.39 is 0 Å². The fourth-order valence-corrected chi connectivity index (χ4v) is 3.21. The first-order valence-corrected chi connectivity index (χ1v) is 8.76. The standard InChI is InChI=1S/C22H19N3O2/c1-27-19-11-9-16(10-12-19)20-14-21(17-6-3-2-4-7-17)25(24-20)22(26)18-8-5-13-23-15-18/h2-13,15,21H,14H2,1H3. The molecule has 0 aliphatic carbocycles. The van der Waals surface area contributed by atoms with E-state index in [9.17, 15) is 4.79 Å². The summed E-state index contributed by atoms with van der Waals surface area (Å²) >= 11 is 0. The van der Waals surface area contributed by atoms with Crippen LogP contribution in [0.1, 0.15) is 33.9 Å². The largest absolute Gasteiger partial charge is 0.497 e. The highest BCUT2D eigenvalue weighted by atomic mass is 16.5. The van der Waals surface area contributed by atoms with E-state index in [2.05, 4.69) is 10.1 Å². The van der Waals surface area contributed by atoms with Crippen LogP contribution in [0.5, 0.6) is 5.75 Å². The van der Waals surface area contributed by atoms with E-state index in [1.807, 2.05) is 54.6 Å². The van der Waals surface area contributed by atoms with Crippen molar-refractivity contribution in [2.45, 2.75) is 12.5 Å². The smallest absolute Gasteiger partial charge is 0.276 e. The van der Waals surface area contributed by atoms with Crippen molar-refractivity contribution in [3.8, 4) is 5.75 Å². The molecule has 5 heteroatoms. The van der Waals surface area contributed by atoms with Crippen LogP contribution < -0.4 is 4.74 Å². The third kappa shape index (κ3) is 3.44. The summed E-state index contributed by atoms with van der Waals surface area (Å²) in [5.41, 5.74) is 3.45. The molecule has 0 radical (unpaired) electrons. The number of benzene rings is 2. The Balaban J connectivity index is 1.70. The number of ether oxygens (including phenoxy) is 1. The number of hydrogen-bond acceptors (Lipinski definition) is 4. The number of pyridine rings is 1. The zero-order chi connectivity index (χ0) is 18.6. The fourth-order valence-electron chi connectivity index (χ4n) is 3.21. The highest BCUT2D eigenvalue weighted by Gasteiger charge is 2.33. The van der Waals surface area contributed by atoms with Gasteiger partial charge in [-0.2, -0.15) is 5.10 Å². The zero-order valence-electron chi connectivity index (χ0n) is 14.9. The molecule has 1 unspecified atom stereocenters. The quantitative estimate of drug-likeness (QED) is 0.707. The number of methoxy groups -OCH3 is 1. The molecular formula is C22H19N3O2. The molecule has 0 saturated carbocycles. The van der Waals surface area contributed by atoms with Crippen molar-refractivity contribution in [1.29, 1.82) is 0 Å². The first-order valence-electron chi connectivity index (χ1n) is 8.76. The van der Waals surface area contributed by atoms with Crippen LogP contribution >= 0.6 is 0 Å². The maximum Gasteiger partial charge on any atom is 0.276 e. The summed E-state index contributed by atoms with van der Waals surface area (Å²) in [5.74, 6) is 0.640. The van der Waals surface area contributed by atoms with Crippen molar-refractivity contribution in [3.05, 3.63) is 95.8 Å². The molecule has 3 aromatic rings. The highest BCUT2D eigenvalue weighted by molar-refractivity contribution is 6.05. The summed E-state index contributed by atoms with van der Waals surface area (Å²) in [5, 5.41) is 6.26. The van der Waals surface area contributed by atoms with Crippen molar-refractivity contribution in [1.82, 2.24) is 9.99 Å². The van der Waals surface area contributed by atoms with E-state index in [1.165, 1.54) is 0 Å². The Hall–Kier alpha value is -3.47. The van der Waals surface area contributed by atoms with Gasteiger partial charge in [0, 0.05) is 18.8 Å². The lowest BCUT2D eigenvalue weighted by atomic mass is 9.98. The van der Waals surface area contributed by atoms with Crippen LogP contribution in [0.3, 0.4) is 0 Å². The van der Waals surface area contributed by atoms with Gasteiger partial charge in [0.1, 0.15) is 5.75 Å². The predicted octanol–water partition coefficient (Wildman–Crippen LogP) is 4.08. The van der Waals surface area contributed by atoms with Gasteiger partial charge in [0.15, 0.2) is 0 Å². The lowest BCUT2D eigenvalue weighted by molar-refractivity contribution is 0.0711. The Morgan fingerprint density at radius 1 is 1.04 bits per heavy atom. The van der Waals surface area contributed by atoms with Gasteiger partial charge < -0.3 is 4.74 Å². The van der Waals surface area contributed by atoms with E-state index in [1.54, 1.807) is 36.6 Å². The van der Waals surface area contributed by atoms with Gasteiger partial charge in [-0.25, -0.2) is 5.01 Å². The molecule has 0 N–H and O–H groups in total. The molecule has 1 aliphatic heterocycles. The van der Waals surface area contributed by atoms with Crippen LogP contribution in [0.4, 0.5) is 0 Å². The van der Waals surface area contributed by atoms with Gasteiger partial charge in [0.2, 0.25) is 0 Å². The van der Waals surface area contributed by atoms with E-state index in [4.69, 9.17) is 4.74 Å². The molecule has 1 atom stereocenters. The summed E-state index contributed by atoms with van der Waals surface area (Å²) in [7, 11) is 1.64. The molecule has 0 bridgehead atoms. The van der Waals surface area contributed by atoms with Crippen LogP contribution in [-0.4, -0.2) is 28.7 Å². The second kappa shape index (κ2) is 7.41. The first-order chi connectivity index (χ1) is 13.3. The van der Waals surface area contributed by atoms with Gasteiger partial charge in [-0.3, -0.25) is 9.78 Å². The van der Waals surface area contributed by atoms with Crippen LogP contribution in [0.15, 0.2) is 84.2 Å². The normalized spacial score (nSPS) is 16.1. The minimum Gasteiger partial charge on any atom is -0.497 e. The molecule has 27 heavy (non-hydrogen) atoms. The molecule has 2 heterocycles. The van der Waals surface area contributed by atoms with Crippen LogP contribution in [0.2, 0.25) is 0 Å². The summed E-state index contributed by atoms with van der Waals surface area (Å²) in [6.45, 7) is 0. The van der Waals surface area contributed by atoms with Crippen LogP contribution in [0.25, 0.3) is 0 Å². The number of nitrogens with zero attached hydrogens (tertiary/aromatic N) is 3. The Labute approximate surface area is 157 Å². The number of hydrogen-bond donors (Lipinski definition) is 0. The molecular weight excluding hydrogens is 338 g/mol. The average Bonchev–Trinajstić information content (AvgIpc) is 3.20. The Bertz CT molecular complexity index is 954. The summed E-state index contributed by atoms with van der Waals surface area (Å²) in [4.78, 5) is 17.1. The third-order valence-corrected chi connectivity index (χ3v) is 4.63. The Morgan fingerprint density at radius 2 is 1.81 bits per heavy atom. The Kier molecular flexibility index (Phi) is 4.66. The molecule has 0 spiro atoms. The summed E-state index contributed by atoms with van der Waals surface area (Å²) in [6.07, 6.45) is 3.88. The zero-order valence-corrected chi connectivity index (χ0v) is 14.9. The minimum atomic E-state index is -0.152. The lowest BCUT2D eigenvalue weighted by Crippen LogP contribution is -2.27. The first kappa shape index (κ1) is 17.0. The molecule has 1 aromatic heterocycles. The number of carbonyl (C=O) groups is 1. The van der Waals surface area contributed by atoms with Crippen molar-refractivity contribution in [3.63, 3.8) is 0 Å². The highest BCUT2D eigenvalue weighted by Crippen LogP contribution is 2.34. The molecule has 5 nitrogen and oxygen atoms in total. The second-order valence-electron chi connectivity index (χ2n) is 6.30. The number of hydrazone groups is 1. The van der Waals surface area contributed by atoms with Crippen molar-refractivity contribution in [2.75, 3.05) is 7.11 Å². The topological polar surface area (TPSA) is 54.8 Å². The molecule has 1 amide bonds. The Morgan fingerprint density at radius 3 is 2.48 bits per heavy atom. The number of carbonyl (C=O) groups excluding carboxylic acids is 1. The maximum atomic E-state index is 13.1. The van der Waals surface area contributed by atoms with Gasteiger partial charge in [-0.1, -0.05) is 30.3 Å². The third-order valence-electron chi connectivity index (χ3n) is 4.63. The van der Waals surface area contributed by atoms with Gasteiger partial charge in [0.25, 0.3) is 5.91 Å². The average molecular weight is 357 g/mol. The molecule has 2 aromatic carbocycles. The van der Waals surface area contributed by atoms with Crippen LogP contribution in [-0.2, 0) is 0 Å². The van der Waals surface area contributed by atoms with E-state index in [-0.39, 0.29) is 11.9 Å². The van der Waals surface area contributed by atoms with Crippen molar-refractivity contribution in [2.24, 2.45) is 5.10 Å². The monoisotopic (exact) mass is 357 g/mol. The predicted molar refractivity (Wildman–Crippen MR) is 104 cm³/mol. The van der Waals surface area contributed by atoms with Crippen LogP contribution in [0, 0.1) is 0 Å². The number of rotatable bonds is 4. The van der Waals surface area contributed by atoms with Gasteiger partial charge in [-0.15, -0.1) is 0 Å². The summed E-state index contributed by atoms with van der Waals surface area (Å²) < 4.78 is 5.23. The molecule has 134 valence electrons. The van der Waals surface area contributed by atoms with E-state index in [0.29, 0.717) is 12.0 Å². The molecule has 0 saturated heterocycles. The van der Waals surface area contributed by atoms with Gasteiger partial charge >= 0.3 is 0 Å². The van der Waals surface area contributed by atoms with Crippen molar-refractivity contribution >= 4 is 11.6 Å². The number of aromatic nitrogens is 1. The van der Waals surface area contributed by atoms with Gasteiger partial charge in [-0.05, 0) is 47.5 Å². The lowest BCUT2D eigenvalue weighted by Gasteiger charge is -2.21. The molecule has 0 fully saturated rings. The summed E-state index contributed by atoms with van der Waals surface area (Å²) in [6, 6.07) is 21.1. The molecule has 1 aliphatic rings. The van der Waals surface area contributed by atoms with E-state index in [0.717, 1.165) is 22.6 Å². The second-order valence-corrected chi connectivity index (χ2v) is 6.30. The SMILES string of the molecule is COc1ccc(C2=NN(C(=O)c3cccnc3)C(c3ccccc3)C2)cc1. The van der Waals surface area contributed by atoms with Crippen molar-refractivity contribution < 1.29 is 9.53 Å². The number of amides is 1. The van der Waals surface area contributed by atoms with E-state index >= 15 is 0 Å². The minimum absolute atomic E-state index is 0.143.